The van der Waals surface area contributed by atoms with Crippen molar-refractivity contribution >= 4 is 5.97 Å². The fourth-order valence-electron chi connectivity index (χ4n) is 2.53. The van der Waals surface area contributed by atoms with Crippen molar-refractivity contribution in [3.8, 4) is 0 Å². The van der Waals surface area contributed by atoms with Crippen LogP contribution in [0.25, 0.3) is 0 Å². The van der Waals surface area contributed by atoms with Gasteiger partial charge in [-0.05, 0) is 26.2 Å². The molecule has 1 aliphatic rings. The van der Waals surface area contributed by atoms with Crippen LogP contribution >= 0.6 is 0 Å². The molecule has 1 aliphatic carbocycles. The van der Waals surface area contributed by atoms with Crippen LogP contribution in [0.3, 0.4) is 0 Å². The summed E-state index contributed by atoms with van der Waals surface area (Å²) < 4.78 is 10.9. The third kappa shape index (κ3) is 6.92. The van der Waals surface area contributed by atoms with Gasteiger partial charge >= 0.3 is 5.97 Å². The van der Waals surface area contributed by atoms with E-state index in [9.17, 15) is 4.79 Å². The van der Waals surface area contributed by atoms with Gasteiger partial charge in [-0.15, -0.1) is 0 Å². The second kappa shape index (κ2) is 10.2. The number of nitrogens with one attached hydrogen (secondary N) is 1. The fraction of sp³-hybridized carbons (Fsp3) is 0.933. The quantitative estimate of drug-likeness (QED) is 0.517. The molecule has 4 heteroatoms. The van der Waals surface area contributed by atoms with Crippen molar-refractivity contribution in [3.05, 3.63) is 0 Å². The molecule has 0 radical (unpaired) electrons. The normalized spacial score (nSPS) is 18.2. The lowest BCUT2D eigenvalue weighted by Crippen LogP contribution is -2.40. The lowest BCUT2D eigenvalue weighted by atomic mass is 9.98. The number of carbonyl (C=O) groups is 1. The number of ether oxygens (including phenoxy) is 2. The van der Waals surface area contributed by atoms with Crippen LogP contribution in [-0.2, 0) is 14.3 Å². The highest BCUT2D eigenvalue weighted by atomic mass is 16.5. The second-order valence-corrected chi connectivity index (χ2v) is 5.18. The SMILES string of the molecule is CCCC(NCCOC1CCCCC1)C(=O)OCC. The van der Waals surface area contributed by atoms with Crippen molar-refractivity contribution in [2.45, 2.75) is 70.9 Å². The maximum absolute atomic E-state index is 11.7. The molecule has 0 aromatic rings. The Kier molecular flexibility index (Phi) is 8.84. The first-order valence-corrected chi connectivity index (χ1v) is 7.79. The highest BCUT2D eigenvalue weighted by Gasteiger charge is 2.18. The molecule has 0 aromatic carbocycles. The molecule has 0 spiro atoms. The molecule has 0 saturated heterocycles. The fourth-order valence-corrected chi connectivity index (χ4v) is 2.53. The third-order valence-electron chi connectivity index (χ3n) is 3.55. The summed E-state index contributed by atoms with van der Waals surface area (Å²) in [7, 11) is 0. The van der Waals surface area contributed by atoms with Crippen molar-refractivity contribution in [2.75, 3.05) is 19.8 Å². The Bertz CT molecular complexity index is 240. The van der Waals surface area contributed by atoms with Crippen molar-refractivity contribution in [1.82, 2.24) is 5.32 Å². The Balaban J connectivity index is 2.14. The van der Waals surface area contributed by atoms with Gasteiger partial charge in [0.05, 0.1) is 19.3 Å². The number of hydrogen-bond acceptors (Lipinski definition) is 4. The van der Waals surface area contributed by atoms with E-state index in [-0.39, 0.29) is 12.0 Å². The van der Waals surface area contributed by atoms with Crippen molar-refractivity contribution in [2.24, 2.45) is 0 Å². The summed E-state index contributed by atoms with van der Waals surface area (Å²) in [6, 6.07) is -0.181. The van der Waals surface area contributed by atoms with Gasteiger partial charge in [0.15, 0.2) is 0 Å². The molecule has 1 fully saturated rings. The van der Waals surface area contributed by atoms with Crippen molar-refractivity contribution in [3.63, 3.8) is 0 Å². The molecule has 1 saturated carbocycles. The Morgan fingerprint density at radius 2 is 2.00 bits per heavy atom. The molecule has 0 aliphatic heterocycles. The van der Waals surface area contributed by atoms with Gasteiger partial charge in [-0.1, -0.05) is 32.6 Å². The number of carbonyl (C=O) groups excluding carboxylic acids is 1. The van der Waals surface area contributed by atoms with E-state index in [4.69, 9.17) is 9.47 Å². The minimum atomic E-state index is -0.181. The van der Waals surface area contributed by atoms with E-state index in [0.717, 1.165) is 19.4 Å². The van der Waals surface area contributed by atoms with Crippen LogP contribution in [0.4, 0.5) is 0 Å². The summed E-state index contributed by atoms with van der Waals surface area (Å²) in [6.45, 7) is 5.77. The van der Waals surface area contributed by atoms with E-state index in [2.05, 4.69) is 12.2 Å². The zero-order valence-electron chi connectivity index (χ0n) is 12.5. The first kappa shape index (κ1) is 16.4. The van der Waals surface area contributed by atoms with Gasteiger partial charge in [0.1, 0.15) is 6.04 Å². The molecule has 0 amide bonds. The first-order chi connectivity index (χ1) is 9.27. The zero-order chi connectivity index (χ0) is 13.9. The zero-order valence-corrected chi connectivity index (χ0v) is 12.5. The van der Waals surface area contributed by atoms with Crippen LogP contribution in [0.5, 0.6) is 0 Å². The molecular weight excluding hydrogens is 242 g/mol. The first-order valence-electron chi connectivity index (χ1n) is 7.79. The molecule has 1 N–H and O–H groups in total. The molecule has 1 unspecified atom stereocenters. The largest absolute Gasteiger partial charge is 0.465 e. The molecule has 1 atom stereocenters. The van der Waals surface area contributed by atoms with Gasteiger partial charge in [0, 0.05) is 6.54 Å². The van der Waals surface area contributed by atoms with Crippen LogP contribution in [0.2, 0.25) is 0 Å². The van der Waals surface area contributed by atoms with Gasteiger partial charge in [-0.2, -0.15) is 0 Å². The van der Waals surface area contributed by atoms with Crippen LogP contribution in [-0.4, -0.2) is 37.9 Å². The Morgan fingerprint density at radius 3 is 2.63 bits per heavy atom. The van der Waals surface area contributed by atoms with E-state index >= 15 is 0 Å². The highest BCUT2D eigenvalue weighted by molar-refractivity contribution is 5.75. The van der Waals surface area contributed by atoms with Gasteiger partial charge in [0.2, 0.25) is 0 Å². The Morgan fingerprint density at radius 1 is 1.26 bits per heavy atom. The highest BCUT2D eigenvalue weighted by Crippen LogP contribution is 2.19. The summed E-state index contributed by atoms with van der Waals surface area (Å²) in [4.78, 5) is 11.7. The topological polar surface area (TPSA) is 47.6 Å². The molecule has 112 valence electrons. The summed E-state index contributed by atoms with van der Waals surface area (Å²) in [5, 5.41) is 3.25. The molecular formula is C15H29NO3. The van der Waals surface area contributed by atoms with Gasteiger partial charge < -0.3 is 14.8 Å². The third-order valence-corrected chi connectivity index (χ3v) is 3.55. The molecule has 0 heterocycles. The molecule has 0 bridgehead atoms. The van der Waals surface area contributed by atoms with Crippen LogP contribution in [0.1, 0.15) is 58.8 Å². The maximum Gasteiger partial charge on any atom is 0.323 e. The van der Waals surface area contributed by atoms with Crippen LogP contribution in [0, 0.1) is 0 Å². The second-order valence-electron chi connectivity index (χ2n) is 5.18. The predicted octanol–water partition coefficient (Wildman–Crippen LogP) is 2.66. The molecule has 19 heavy (non-hydrogen) atoms. The standard InChI is InChI=1S/C15H29NO3/c1-3-8-14(15(17)18-4-2)16-11-12-19-13-9-6-5-7-10-13/h13-14,16H,3-12H2,1-2H3. The maximum atomic E-state index is 11.7. The van der Waals surface area contributed by atoms with E-state index in [0.29, 0.717) is 19.3 Å². The average Bonchev–Trinajstić information content (AvgIpc) is 2.43. The van der Waals surface area contributed by atoms with Gasteiger partial charge in [-0.3, -0.25) is 4.79 Å². The minimum Gasteiger partial charge on any atom is -0.465 e. The van der Waals surface area contributed by atoms with E-state index in [1.165, 1.54) is 32.1 Å². The van der Waals surface area contributed by atoms with Crippen molar-refractivity contribution < 1.29 is 14.3 Å². The number of rotatable bonds is 9. The minimum absolute atomic E-state index is 0.137. The van der Waals surface area contributed by atoms with Crippen LogP contribution in [0.15, 0.2) is 0 Å². The Hall–Kier alpha value is -0.610. The summed E-state index contributed by atoms with van der Waals surface area (Å²) in [5.41, 5.74) is 0. The molecule has 0 aromatic heterocycles. The summed E-state index contributed by atoms with van der Waals surface area (Å²) >= 11 is 0. The van der Waals surface area contributed by atoms with E-state index in [1.54, 1.807) is 0 Å². The monoisotopic (exact) mass is 271 g/mol. The Labute approximate surface area is 117 Å². The lowest BCUT2D eigenvalue weighted by molar-refractivity contribution is -0.145. The van der Waals surface area contributed by atoms with Crippen molar-refractivity contribution in [1.29, 1.82) is 0 Å². The summed E-state index contributed by atoms with van der Waals surface area (Å²) in [6.07, 6.45) is 8.54. The number of hydrogen-bond donors (Lipinski definition) is 1. The van der Waals surface area contributed by atoms with Gasteiger partial charge in [0.25, 0.3) is 0 Å². The lowest BCUT2D eigenvalue weighted by Gasteiger charge is -2.23. The van der Waals surface area contributed by atoms with Gasteiger partial charge in [-0.25, -0.2) is 0 Å². The van der Waals surface area contributed by atoms with E-state index in [1.807, 2.05) is 6.92 Å². The molecule has 1 rings (SSSR count). The molecule has 4 nitrogen and oxygen atoms in total. The number of esters is 1. The smallest absolute Gasteiger partial charge is 0.323 e. The predicted molar refractivity (Wildman–Crippen MR) is 76.2 cm³/mol. The summed E-state index contributed by atoms with van der Waals surface area (Å²) in [5.74, 6) is -0.137. The van der Waals surface area contributed by atoms with Crippen LogP contribution < -0.4 is 5.32 Å². The average molecular weight is 271 g/mol. The van der Waals surface area contributed by atoms with E-state index < -0.39 is 0 Å².